The van der Waals surface area contributed by atoms with Crippen molar-refractivity contribution in [1.29, 1.82) is 0 Å². The molecule has 3 aromatic heterocycles. The minimum atomic E-state index is 0.724. The third kappa shape index (κ3) is 2.13. The molecule has 0 saturated heterocycles. The van der Waals surface area contributed by atoms with Gasteiger partial charge in [-0.3, -0.25) is 0 Å². The van der Waals surface area contributed by atoms with E-state index in [2.05, 4.69) is 22.2 Å². The first-order valence-corrected chi connectivity index (χ1v) is 6.92. The first-order valence-electron chi connectivity index (χ1n) is 6.92. The van der Waals surface area contributed by atoms with Gasteiger partial charge in [0.25, 0.3) is 0 Å². The van der Waals surface area contributed by atoms with Crippen LogP contribution in [0.3, 0.4) is 0 Å². The van der Waals surface area contributed by atoms with Gasteiger partial charge in [-0.2, -0.15) is 5.10 Å². The fraction of sp³-hybridized carbons (Fsp3) is 0.250. The van der Waals surface area contributed by atoms with E-state index in [9.17, 15) is 0 Å². The predicted molar refractivity (Wildman–Crippen MR) is 76.6 cm³/mol. The Morgan fingerprint density at radius 3 is 3.05 bits per heavy atom. The van der Waals surface area contributed by atoms with Crippen molar-refractivity contribution in [2.75, 3.05) is 6.61 Å². The van der Waals surface area contributed by atoms with Gasteiger partial charge in [0.1, 0.15) is 0 Å². The summed E-state index contributed by atoms with van der Waals surface area (Å²) < 4.78 is 7.73. The fourth-order valence-corrected chi connectivity index (χ4v) is 2.30. The molecule has 4 nitrogen and oxygen atoms in total. The third-order valence-corrected chi connectivity index (χ3v) is 3.63. The minimum Gasteiger partial charge on any atom is -0.477 e. The lowest BCUT2D eigenvalue weighted by Crippen LogP contribution is -2.02. The highest BCUT2D eigenvalue weighted by atomic mass is 16.5. The van der Waals surface area contributed by atoms with Crippen molar-refractivity contribution in [2.45, 2.75) is 12.8 Å². The van der Waals surface area contributed by atoms with E-state index in [1.807, 2.05) is 28.9 Å². The SMILES string of the molecule is c1cnc(OCC2CC2)c(-c2ccn3nccc3c2)c1. The Kier molecular flexibility index (Phi) is 2.66. The lowest BCUT2D eigenvalue weighted by Gasteiger charge is -2.10. The Morgan fingerprint density at radius 2 is 2.15 bits per heavy atom. The molecular weight excluding hydrogens is 250 g/mol. The molecule has 3 aromatic rings. The van der Waals surface area contributed by atoms with E-state index < -0.39 is 0 Å². The first-order chi connectivity index (χ1) is 9.90. The number of hydrogen-bond donors (Lipinski definition) is 0. The topological polar surface area (TPSA) is 39.4 Å². The van der Waals surface area contributed by atoms with Crippen molar-refractivity contribution < 1.29 is 4.74 Å². The van der Waals surface area contributed by atoms with E-state index in [1.165, 1.54) is 12.8 Å². The normalized spacial score (nSPS) is 14.6. The van der Waals surface area contributed by atoms with Gasteiger partial charge in [-0.25, -0.2) is 9.50 Å². The average Bonchev–Trinajstić information content (AvgIpc) is 3.20. The summed E-state index contributed by atoms with van der Waals surface area (Å²) in [6.07, 6.45) is 8.10. The first kappa shape index (κ1) is 11.5. The summed E-state index contributed by atoms with van der Waals surface area (Å²) in [6, 6.07) is 10.1. The second-order valence-corrected chi connectivity index (χ2v) is 5.23. The highest BCUT2D eigenvalue weighted by Gasteiger charge is 2.22. The van der Waals surface area contributed by atoms with Gasteiger partial charge in [0.2, 0.25) is 5.88 Å². The lowest BCUT2D eigenvalue weighted by molar-refractivity contribution is 0.290. The summed E-state index contributed by atoms with van der Waals surface area (Å²) in [5.41, 5.74) is 3.22. The number of fused-ring (bicyclic) bond motifs is 1. The van der Waals surface area contributed by atoms with Gasteiger partial charge in [0.15, 0.2) is 0 Å². The molecule has 0 bridgehead atoms. The summed E-state index contributed by atoms with van der Waals surface area (Å²) in [4.78, 5) is 4.38. The molecule has 1 saturated carbocycles. The van der Waals surface area contributed by atoms with E-state index >= 15 is 0 Å². The summed E-state index contributed by atoms with van der Waals surface area (Å²) in [5, 5.41) is 4.21. The molecule has 0 spiro atoms. The van der Waals surface area contributed by atoms with Crippen LogP contribution in [0.5, 0.6) is 5.88 Å². The standard InChI is InChI=1S/C16H15N3O/c1-2-15(16(17-7-1)20-11-12-3-4-12)13-6-9-19-14(10-13)5-8-18-19/h1-2,5-10,12H,3-4,11H2. The maximum Gasteiger partial charge on any atom is 0.221 e. The van der Waals surface area contributed by atoms with Crippen LogP contribution in [0.1, 0.15) is 12.8 Å². The van der Waals surface area contributed by atoms with Crippen molar-refractivity contribution >= 4 is 5.52 Å². The fourth-order valence-electron chi connectivity index (χ4n) is 2.30. The molecule has 0 N–H and O–H groups in total. The zero-order chi connectivity index (χ0) is 13.4. The summed E-state index contributed by atoms with van der Waals surface area (Å²) in [5.74, 6) is 1.45. The van der Waals surface area contributed by atoms with E-state index in [4.69, 9.17) is 4.74 Å². The summed E-state index contributed by atoms with van der Waals surface area (Å²) >= 11 is 0. The molecule has 0 radical (unpaired) electrons. The van der Waals surface area contributed by atoms with Gasteiger partial charge in [-0.15, -0.1) is 0 Å². The number of nitrogens with zero attached hydrogens (tertiary/aromatic N) is 3. The summed E-state index contributed by atoms with van der Waals surface area (Å²) in [6.45, 7) is 0.777. The van der Waals surface area contributed by atoms with Crippen molar-refractivity contribution in [1.82, 2.24) is 14.6 Å². The predicted octanol–water partition coefficient (Wildman–Crippen LogP) is 3.19. The van der Waals surface area contributed by atoms with E-state index in [-0.39, 0.29) is 0 Å². The number of aromatic nitrogens is 3. The number of ether oxygens (including phenoxy) is 1. The van der Waals surface area contributed by atoms with E-state index in [1.54, 1.807) is 12.4 Å². The minimum absolute atomic E-state index is 0.724. The van der Waals surface area contributed by atoms with Crippen molar-refractivity contribution in [3.05, 3.63) is 48.9 Å². The van der Waals surface area contributed by atoms with Crippen molar-refractivity contribution in [3.63, 3.8) is 0 Å². The van der Waals surface area contributed by atoms with Crippen molar-refractivity contribution in [2.24, 2.45) is 5.92 Å². The second kappa shape index (κ2) is 4.63. The van der Waals surface area contributed by atoms with Gasteiger partial charge in [0.05, 0.1) is 12.1 Å². The zero-order valence-corrected chi connectivity index (χ0v) is 11.1. The molecule has 0 atom stereocenters. The largest absolute Gasteiger partial charge is 0.477 e. The monoisotopic (exact) mass is 265 g/mol. The zero-order valence-electron chi connectivity index (χ0n) is 11.1. The van der Waals surface area contributed by atoms with E-state index in [0.29, 0.717) is 0 Å². The van der Waals surface area contributed by atoms with Crippen LogP contribution >= 0.6 is 0 Å². The maximum atomic E-state index is 5.88. The molecule has 0 unspecified atom stereocenters. The number of pyridine rings is 2. The maximum absolute atomic E-state index is 5.88. The molecule has 0 aliphatic heterocycles. The van der Waals surface area contributed by atoms with Gasteiger partial charge >= 0.3 is 0 Å². The Hall–Kier alpha value is -2.36. The number of rotatable bonds is 4. The Morgan fingerprint density at radius 1 is 1.20 bits per heavy atom. The van der Waals surface area contributed by atoms with Gasteiger partial charge < -0.3 is 4.74 Å². The molecule has 4 rings (SSSR count). The van der Waals surface area contributed by atoms with Crippen LogP contribution in [0.2, 0.25) is 0 Å². The molecule has 1 aliphatic carbocycles. The average molecular weight is 265 g/mol. The second-order valence-electron chi connectivity index (χ2n) is 5.23. The summed E-state index contributed by atoms with van der Waals surface area (Å²) in [7, 11) is 0. The van der Waals surface area contributed by atoms with Crippen LogP contribution < -0.4 is 4.74 Å². The third-order valence-electron chi connectivity index (χ3n) is 3.63. The van der Waals surface area contributed by atoms with Crippen LogP contribution in [0.4, 0.5) is 0 Å². The molecule has 4 heteroatoms. The van der Waals surface area contributed by atoms with Crippen LogP contribution in [-0.4, -0.2) is 21.2 Å². The molecule has 1 fully saturated rings. The highest BCUT2D eigenvalue weighted by molar-refractivity contribution is 5.72. The van der Waals surface area contributed by atoms with Crippen LogP contribution in [0, 0.1) is 5.92 Å². The van der Waals surface area contributed by atoms with Gasteiger partial charge in [-0.1, -0.05) is 0 Å². The van der Waals surface area contributed by atoms with Crippen LogP contribution in [-0.2, 0) is 0 Å². The van der Waals surface area contributed by atoms with Gasteiger partial charge in [-0.05, 0) is 54.7 Å². The molecule has 20 heavy (non-hydrogen) atoms. The molecule has 3 heterocycles. The van der Waals surface area contributed by atoms with E-state index in [0.717, 1.165) is 35.0 Å². The smallest absolute Gasteiger partial charge is 0.221 e. The molecule has 0 amide bonds. The van der Waals surface area contributed by atoms with Crippen molar-refractivity contribution in [3.8, 4) is 17.0 Å². The van der Waals surface area contributed by atoms with Crippen LogP contribution in [0.25, 0.3) is 16.6 Å². The van der Waals surface area contributed by atoms with Gasteiger partial charge in [0, 0.05) is 24.2 Å². The Balaban J connectivity index is 1.71. The van der Waals surface area contributed by atoms with Crippen LogP contribution in [0.15, 0.2) is 48.9 Å². The Bertz CT molecular complexity index is 746. The highest BCUT2D eigenvalue weighted by Crippen LogP contribution is 2.32. The quantitative estimate of drug-likeness (QED) is 0.727. The molecule has 0 aromatic carbocycles. The molecular formula is C16H15N3O. The molecule has 1 aliphatic rings. The Labute approximate surface area is 117 Å². The lowest BCUT2D eigenvalue weighted by atomic mass is 10.1. The molecule has 100 valence electrons. The number of hydrogen-bond acceptors (Lipinski definition) is 3.